The van der Waals surface area contributed by atoms with Gasteiger partial charge in [0.05, 0.1) is 11.9 Å². The highest BCUT2D eigenvalue weighted by molar-refractivity contribution is 7.92. The number of sulfonamides is 1. The molecule has 1 N–H and O–H groups in total. The SMILES string of the molecule is Cc1ccccc1CN(C(=O)CN(c1cccc(C)c1C)S(C)(=O)=O)[C@@H](C)C(=O)NC(C)C. The number of amides is 2. The van der Waals surface area contributed by atoms with Crippen LogP contribution in [0.1, 0.15) is 43.0 Å². The van der Waals surface area contributed by atoms with Crippen LogP contribution in [0, 0.1) is 20.8 Å². The minimum Gasteiger partial charge on any atom is -0.352 e. The van der Waals surface area contributed by atoms with Gasteiger partial charge >= 0.3 is 0 Å². The van der Waals surface area contributed by atoms with E-state index < -0.39 is 28.5 Å². The quantitative estimate of drug-likeness (QED) is 0.605. The molecule has 0 heterocycles. The number of carbonyl (C=O) groups excluding carboxylic acids is 2. The molecule has 0 radical (unpaired) electrons. The molecule has 2 aromatic rings. The highest BCUT2D eigenvalue weighted by atomic mass is 32.2. The van der Waals surface area contributed by atoms with E-state index in [9.17, 15) is 18.0 Å². The third-order valence-electron chi connectivity index (χ3n) is 5.72. The first-order valence-corrected chi connectivity index (χ1v) is 12.9. The van der Waals surface area contributed by atoms with Crippen molar-refractivity contribution in [1.82, 2.24) is 10.2 Å². The van der Waals surface area contributed by atoms with Gasteiger partial charge in [-0.2, -0.15) is 0 Å². The second-order valence-electron chi connectivity index (χ2n) is 8.78. The summed E-state index contributed by atoms with van der Waals surface area (Å²) in [6.45, 7) is 10.8. The van der Waals surface area contributed by atoms with Crippen molar-refractivity contribution in [2.45, 2.75) is 60.2 Å². The van der Waals surface area contributed by atoms with Crippen molar-refractivity contribution in [1.29, 1.82) is 0 Å². The average molecular weight is 474 g/mol. The Morgan fingerprint density at radius 2 is 1.55 bits per heavy atom. The Kier molecular flexibility index (Phi) is 8.66. The third-order valence-corrected chi connectivity index (χ3v) is 6.85. The fourth-order valence-corrected chi connectivity index (χ4v) is 4.46. The highest BCUT2D eigenvalue weighted by Gasteiger charge is 2.31. The fraction of sp³-hybridized carbons (Fsp3) is 0.440. The Bertz CT molecular complexity index is 1110. The number of carbonyl (C=O) groups is 2. The molecule has 0 saturated heterocycles. The highest BCUT2D eigenvalue weighted by Crippen LogP contribution is 2.25. The maximum atomic E-state index is 13.6. The van der Waals surface area contributed by atoms with E-state index in [1.54, 1.807) is 19.1 Å². The Balaban J connectivity index is 2.45. The van der Waals surface area contributed by atoms with Crippen LogP contribution >= 0.6 is 0 Å². The van der Waals surface area contributed by atoms with Gasteiger partial charge in [-0.05, 0) is 69.9 Å². The number of anilines is 1. The lowest BCUT2D eigenvalue weighted by atomic mass is 10.1. The van der Waals surface area contributed by atoms with Crippen molar-refractivity contribution in [2.24, 2.45) is 0 Å². The molecule has 0 aliphatic heterocycles. The monoisotopic (exact) mass is 473 g/mol. The topological polar surface area (TPSA) is 86.8 Å². The zero-order valence-electron chi connectivity index (χ0n) is 20.5. The lowest BCUT2D eigenvalue weighted by molar-refractivity contribution is -0.139. The summed E-state index contributed by atoms with van der Waals surface area (Å²) in [7, 11) is -3.75. The van der Waals surface area contributed by atoms with Crippen LogP contribution in [0.5, 0.6) is 0 Å². The summed E-state index contributed by atoms with van der Waals surface area (Å²) < 4.78 is 26.5. The molecule has 2 amide bonds. The van der Waals surface area contributed by atoms with Crippen LogP contribution < -0.4 is 9.62 Å². The molecule has 8 heteroatoms. The van der Waals surface area contributed by atoms with E-state index in [4.69, 9.17) is 0 Å². The van der Waals surface area contributed by atoms with Crippen molar-refractivity contribution >= 4 is 27.5 Å². The van der Waals surface area contributed by atoms with Crippen LogP contribution in [0.4, 0.5) is 5.69 Å². The maximum Gasteiger partial charge on any atom is 0.244 e. The van der Waals surface area contributed by atoms with Crippen molar-refractivity contribution in [3.63, 3.8) is 0 Å². The number of rotatable bonds is 9. The molecule has 0 unspecified atom stereocenters. The van der Waals surface area contributed by atoms with Gasteiger partial charge in [0.25, 0.3) is 0 Å². The lowest BCUT2D eigenvalue weighted by Gasteiger charge is -2.32. The third kappa shape index (κ3) is 6.81. The largest absolute Gasteiger partial charge is 0.352 e. The Labute approximate surface area is 197 Å². The number of nitrogens with zero attached hydrogens (tertiary/aromatic N) is 2. The van der Waals surface area contributed by atoms with Gasteiger partial charge in [-0.3, -0.25) is 13.9 Å². The number of hydrogen-bond acceptors (Lipinski definition) is 4. The van der Waals surface area contributed by atoms with Crippen LogP contribution in [0.15, 0.2) is 42.5 Å². The standard InChI is InChI=1S/C25H35N3O4S/c1-17(2)26-25(30)21(6)27(15-22-13-9-8-11-19(22)4)24(29)16-28(33(7,31)32)23-14-10-12-18(3)20(23)5/h8-14,17,21H,15-16H2,1-7H3,(H,26,30)/t21-/m0/s1. The predicted molar refractivity (Wildman–Crippen MR) is 133 cm³/mol. The number of benzene rings is 2. The van der Waals surface area contributed by atoms with Gasteiger partial charge < -0.3 is 10.2 Å². The molecule has 0 aromatic heterocycles. The first-order valence-electron chi connectivity index (χ1n) is 11.0. The van der Waals surface area contributed by atoms with E-state index in [1.807, 2.05) is 65.0 Å². The van der Waals surface area contributed by atoms with E-state index in [1.165, 1.54) is 4.90 Å². The zero-order chi connectivity index (χ0) is 24.9. The van der Waals surface area contributed by atoms with E-state index in [0.717, 1.165) is 32.8 Å². The average Bonchev–Trinajstić information content (AvgIpc) is 2.71. The van der Waals surface area contributed by atoms with Gasteiger partial charge in [-0.15, -0.1) is 0 Å². The normalized spacial score (nSPS) is 12.4. The second kappa shape index (κ2) is 10.8. The van der Waals surface area contributed by atoms with Crippen LogP contribution in [0.3, 0.4) is 0 Å². The van der Waals surface area contributed by atoms with Crippen LogP contribution in [-0.4, -0.2) is 50.0 Å². The molecule has 0 bridgehead atoms. The van der Waals surface area contributed by atoms with E-state index in [-0.39, 0.29) is 18.5 Å². The molecule has 7 nitrogen and oxygen atoms in total. The van der Waals surface area contributed by atoms with Crippen LogP contribution in [0.2, 0.25) is 0 Å². The van der Waals surface area contributed by atoms with E-state index in [0.29, 0.717) is 5.69 Å². The first-order chi connectivity index (χ1) is 15.3. The zero-order valence-corrected chi connectivity index (χ0v) is 21.4. The first kappa shape index (κ1) is 26.4. The number of nitrogens with one attached hydrogen (secondary N) is 1. The number of hydrogen-bond donors (Lipinski definition) is 1. The molecule has 0 fully saturated rings. The van der Waals surface area contributed by atoms with Gasteiger partial charge in [0.15, 0.2) is 0 Å². The summed E-state index contributed by atoms with van der Waals surface area (Å²) in [5.41, 5.74) is 4.05. The summed E-state index contributed by atoms with van der Waals surface area (Å²) in [6.07, 6.45) is 1.09. The van der Waals surface area contributed by atoms with Crippen LogP contribution in [0.25, 0.3) is 0 Å². The van der Waals surface area contributed by atoms with Gasteiger partial charge in [-0.25, -0.2) is 8.42 Å². The van der Waals surface area contributed by atoms with Crippen molar-refractivity contribution in [2.75, 3.05) is 17.1 Å². The summed E-state index contributed by atoms with van der Waals surface area (Å²) in [5, 5.41) is 2.85. The molecular weight excluding hydrogens is 438 g/mol. The van der Waals surface area contributed by atoms with Gasteiger partial charge in [-0.1, -0.05) is 36.4 Å². The van der Waals surface area contributed by atoms with E-state index >= 15 is 0 Å². The second-order valence-corrected chi connectivity index (χ2v) is 10.7. The molecule has 2 aromatic carbocycles. The molecule has 0 aliphatic rings. The molecular formula is C25H35N3O4S. The fourth-order valence-electron chi connectivity index (χ4n) is 3.56. The summed E-state index contributed by atoms with van der Waals surface area (Å²) in [5.74, 6) is -0.736. The van der Waals surface area contributed by atoms with Crippen LogP contribution in [-0.2, 0) is 26.2 Å². The Morgan fingerprint density at radius 3 is 2.12 bits per heavy atom. The summed E-state index contributed by atoms with van der Waals surface area (Å²) in [6, 6.07) is 12.1. The van der Waals surface area contributed by atoms with Crippen molar-refractivity contribution in [3.8, 4) is 0 Å². The minimum atomic E-state index is -3.75. The summed E-state index contributed by atoms with van der Waals surface area (Å²) >= 11 is 0. The molecule has 0 aliphatic carbocycles. The molecule has 1 atom stereocenters. The predicted octanol–water partition coefficient (Wildman–Crippen LogP) is 3.32. The Hall–Kier alpha value is -2.87. The molecule has 2 rings (SSSR count). The lowest BCUT2D eigenvalue weighted by Crippen LogP contribution is -2.52. The molecule has 0 saturated carbocycles. The molecule has 0 spiro atoms. The maximum absolute atomic E-state index is 13.6. The van der Waals surface area contributed by atoms with Gasteiger partial charge in [0, 0.05) is 12.6 Å². The van der Waals surface area contributed by atoms with Gasteiger partial charge in [0.2, 0.25) is 21.8 Å². The van der Waals surface area contributed by atoms with Crippen molar-refractivity contribution in [3.05, 3.63) is 64.7 Å². The minimum absolute atomic E-state index is 0.0853. The molecule has 33 heavy (non-hydrogen) atoms. The number of aryl methyl sites for hydroxylation is 2. The van der Waals surface area contributed by atoms with Gasteiger partial charge in [0.1, 0.15) is 12.6 Å². The van der Waals surface area contributed by atoms with Crippen molar-refractivity contribution < 1.29 is 18.0 Å². The summed E-state index contributed by atoms with van der Waals surface area (Å²) in [4.78, 5) is 27.8. The van der Waals surface area contributed by atoms with E-state index in [2.05, 4.69) is 5.32 Å². The smallest absolute Gasteiger partial charge is 0.244 e. The molecule has 180 valence electrons. The Morgan fingerprint density at radius 1 is 0.939 bits per heavy atom.